The molecular weight excluding hydrogens is 265 g/mol. The minimum absolute atomic E-state index is 0.0222. The minimum atomic E-state index is -0.0222. The van der Waals surface area contributed by atoms with E-state index in [1.807, 2.05) is 24.3 Å². The van der Waals surface area contributed by atoms with Gasteiger partial charge in [-0.2, -0.15) is 0 Å². The lowest BCUT2D eigenvalue weighted by Crippen LogP contribution is -2.05. The van der Waals surface area contributed by atoms with Gasteiger partial charge in [-0.1, -0.05) is 18.2 Å². The molecule has 0 unspecified atom stereocenters. The average molecular weight is 271 g/mol. The predicted molar refractivity (Wildman–Crippen MR) is 57.3 cm³/mol. The molecule has 0 saturated heterocycles. The topological polar surface area (TPSA) is 32.9 Å². The molecule has 0 aliphatic rings. The summed E-state index contributed by atoms with van der Waals surface area (Å²) in [5, 5.41) is 1.77. The average Bonchev–Trinajstić information content (AvgIpc) is 2.12. The number of rotatable bonds is 0. The Morgan fingerprint density at radius 3 is 2.50 bits per heavy atom. The largest absolute Gasteiger partial charge is 0.327 e. The van der Waals surface area contributed by atoms with Gasteiger partial charge in [0.15, 0.2) is 0 Å². The fourth-order valence-corrected chi connectivity index (χ4v) is 1.80. The monoisotopic (exact) mass is 271 g/mol. The first-order valence-electron chi connectivity index (χ1n) is 3.55. The van der Waals surface area contributed by atoms with Crippen LogP contribution in [0.4, 0.5) is 0 Å². The first kappa shape index (κ1) is 7.79. The molecule has 1 aromatic carbocycles. The molecular formula is C9H6INO. The first-order valence-corrected chi connectivity index (χ1v) is 4.63. The van der Waals surface area contributed by atoms with E-state index < -0.39 is 0 Å². The smallest absolute Gasteiger partial charge is 0.255 e. The molecule has 1 aromatic heterocycles. The van der Waals surface area contributed by atoms with Crippen LogP contribution in [0.3, 0.4) is 0 Å². The number of halogens is 1. The van der Waals surface area contributed by atoms with Gasteiger partial charge in [0, 0.05) is 20.5 Å². The Hall–Kier alpha value is -0.840. The van der Waals surface area contributed by atoms with Crippen molar-refractivity contribution in [3.63, 3.8) is 0 Å². The van der Waals surface area contributed by atoms with Crippen LogP contribution in [0, 0.1) is 3.57 Å². The molecule has 0 spiro atoms. The van der Waals surface area contributed by atoms with Crippen molar-refractivity contribution < 1.29 is 0 Å². The van der Waals surface area contributed by atoms with Crippen LogP contribution in [0.15, 0.2) is 35.3 Å². The number of hydrogen-bond acceptors (Lipinski definition) is 1. The number of benzene rings is 1. The first-order chi connectivity index (χ1) is 5.79. The summed E-state index contributed by atoms with van der Waals surface area (Å²) in [6.45, 7) is 0. The Kier molecular flexibility index (Phi) is 1.88. The summed E-state index contributed by atoms with van der Waals surface area (Å²) >= 11 is 2.20. The lowest BCUT2D eigenvalue weighted by Gasteiger charge is -1.97. The number of aromatic nitrogens is 1. The maximum absolute atomic E-state index is 11.3. The molecule has 0 aliphatic carbocycles. The Bertz CT molecular complexity index is 475. The Labute approximate surface area is 82.8 Å². The van der Waals surface area contributed by atoms with Crippen molar-refractivity contribution in [3.8, 4) is 0 Å². The van der Waals surface area contributed by atoms with E-state index in [9.17, 15) is 4.79 Å². The molecule has 0 aliphatic heterocycles. The van der Waals surface area contributed by atoms with Gasteiger partial charge in [0.25, 0.3) is 5.56 Å². The van der Waals surface area contributed by atoms with Crippen LogP contribution in [0.5, 0.6) is 0 Å². The van der Waals surface area contributed by atoms with Gasteiger partial charge in [0.1, 0.15) is 0 Å². The highest BCUT2D eigenvalue weighted by Gasteiger charge is 1.99. The molecule has 2 nitrogen and oxygen atoms in total. The Morgan fingerprint density at radius 2 is 1.83 bits per heavy atom. The van der Waals surface area contributed by atoms with Crippen molar-refractivity contribution in [3.05, 3.63) is 44.4 Å². The molecule has 0 saturated carbocycles. The number of nitrogens with one attached hydrogen (secondary N) is 1. The van der Waals surface area contributed by atoms with E-state index >= 15 is 0 Å². The maximum atomic E-state index is 11.3. The van der Waals surface area contributed by atoms with Gasteiger partial charge in [-0.15, -0.1) is 0 Å². The molecule has 0 amide bonds. The number of fused-ring (bicyclic) bond motifs is 1. The van der Waals surface area contributed by atoms with Crippen LogP contribution < -0.4 is 5.56 Å². The number of aromatic amines is 1. The highest BCUT2D eigenvalue weighted by molar-refractivity contribution is 14.1. The van der Waals surface area contributed by atoms with E-state index in [4.69, 9.17) is 0 Å². The highest BCUT2D eigenvalue weighted by atomic mass is 127. The molecule has 0 fully saturated rings. The molecule has 3 heteroatoms. The lowest BCUT2D eigenvalue weighted by molar-refractivity contribution is 1.26. The lowest BCUT2D eigenvalue weighted by atomic mass is 10.2. The van der Waals surface area contributed by atoms with Crippen LogP contribution in [-0.4, -0.2) is 4.98 Å². The second-order valence-corrected chi connectivity index (χ2v) is 3.67. The summed E-state index contributed by atoms with van der Waals surface area (Å²) in [6, 6.07) is 7.58. The number of H-pyrrole nitrogens is 1. The molecule has 12 heavy (non-hydrogen) atoms. The van der Waals surface area contributed by atoms with Gasteiger partial charge in [-0.25, -0.2) is 0 Å². The summed E-state index contributed by atoms with van der Waals surface area (Å²) in [4.78, 5) is 14.0. The fourth-order valence-electron chi connectivity index (χ4n) is 1.17. The second-order valence-electron chi connectivity index (χ2n) is 2.51. The Morgan fingerprint density at radius 1 is 1.17 bits per heavy atom. The van der Waals surface area contributed by atoms with E-state index in [1.165, 1.54) is 0 Å². The van der Waals surface area contributed by atoms with E-state index in [2.05, 4.69) is 27.6 Å². The second kappa shape index (κ2) is 2.90. The maximum Gasteiger partial charge on any atom is 0.255 e. The van der Waals surface area contributed by atoms with Crippen LogP contribution in [0.25, 0.3) is 10.8 Å². The fraction of sp³-hybridized carbons (Fsp3) is 0. The van der Waals surface area contributed by atoms with Gasteiger partial charge in [-0.05, 0) is 28.7 Å². The van der Waals surface area contributed by atoms with Crippen LogP contribution in [0.2, 0.25) is 0 Å². The van der Waals surface area contributed by atoms with Crippen LogP contribution >= 0.6 is 22.6 Å². The van der Waals surface area contributed by atoms with Crippen molar-refractivity contribution in [1.82, 2.24) is 4.98 Å². The predicted octanol–water partition coefficient (Wildman–Crippen LogP) is 2.13. The summed E-state index contributed by atoms with van der Waals surface area (Å²) < 4.78 is 1.07. The summed E-state index contributed by atoms with van der Waals surface area (Å²) in [5.74, 6) is 0. The van der Waals surface area contributed by atoms with E-state index in [0.29, 0.717) is 0 Å². The molecule has 1 heterocycles. The van der Waals surface area contributed by atoms with Crippen molar-refractivity contribution in [2.75, 3.05) is 0 Å². The van der Waals surface area contributed by atoms with Crippen LogP contribution in [-0.2, 0) is 0 Å². The summed E-state index contributed by atoms with van der Waals surface area (Å²) in [6.07, 6.45) is 1.73. The van der Waals surface area contributed by atoms with Crippen molar-refractivity contribution in [1.29, 1.82) is 0 Å². The highest BCUT2D eigenvalue weighted by Crippen LogP contribution is 2.15. The summed E-state index contributed by atoms with van der Waals surface area (Å²) in [5.41, 5.74) is -0.0222. The van der Waals surface area contributed by atoms with E-state index in [0.717, 1.165) is 14.3 Å². The zero-order chi connectivity index (χ0) is 8.55. The standard InChI is InChI=1S/C9H6INO/c10-8-5-11-9(12)7-4-2-1-3-6(7)8/h1-5H,(H,11,12). The van der Waals surface area contributed by atoms with Gasteiger partial charge >= 0.3 is 0 Å². The van der Waals surface area contributed by atoms with Gasteiger partial charge in [0.2, 0.25) is 0 Å². The number of hydrogen-bond donors (Lipinski definition) is 1. The zero-order valence-corrected chi connectivity index (χ0v) is 8.33. The van der Waals surface area contributed by atoms with Gasteiger partial charge < -0.3 is 4.98 Å². The molecule has 1 N–H and O–H groups in total. The molecule has 0 radical (unpaired) electrons. The van der Waals surface area contributed by atoms with E-state index in [1.54, 1.807) is 6.20 Å². The molecule has 0 atom stereocenters. The quantitative estimate of drug-likeness (QED) is 0.731. The van der Waals surface area contributed by atoms with Crippen molar-refractivity contribution in [2.45, 2.75) is 0 Å². The van der Waals surface area contributed by atoms with Crippen LogP contribution in [0.1, 0.15) is 0 Å². The third kappa shape index (κ3) is 1.14. The SMILES string of the molecule is O=c1[nH]cc(I)c2ccccc12. The summed E-state index contributed by atoms with van der Waals surface area (Å²) in [7, 11) is 0. The van der Waals surface area contributed by atoms with Gasteiger partial charge in [0.05, 0.1) is 0 Å². The normalized spacial score (nSPS) is 10.4. The van der Waals surface area contributed by atoms with Crippen molar-refractivity contribution in [2.24, 2.45) is 0 Å². The number of pyridine rings is 1. The third-order valence-electron chi connectivity index (χ3n) is 1.76. The molecule has 2 aromatic rings. The molecule has 2 rings (SSSR count). The van der Waals surface area contributed by atoms with Crippen molar-refractivity contribution >= 4 is 33.4 Å². The van der Waals surface area contributed by atoms with E-state index in [-0.39, 0.29) is 5.56 Å². The molecule has 60 valence electrons. The minimum Gasteiger partial charge on any atom is -0.327 e. The zero-order valence-electron chi connectivity index (χ0n) is 6.17. The molecule has 0 bridgehead atoms. The third-order valence-corrected chi connectivity index (χ3v) is 2.65. The Balaban J connectivity index is 3.05. The van der Waals surface area contributed by atoms with Gasteiger partial charge in [-0.3, -0.25) is 4.79 Å².